The summed E-state index contributed by atoms with van der Waals surface area (Å²) in [6.07, 6.45) is 4.43. The molecule has 4 nitrogen and oxygen atoms in total. The normalized spacial score (nSPS) is 21.6. The van der Waals surface area contributed by atoms with Gasteiger partial charge in [0.15, 0.2) is 11.5 Å². The van der Waals surface area contributed by atoms with Crippen molar-refractivity contribution in [2.75, 3.05) is 20.3 Å². The molecular weight excluding hydrogens is 302 g/mol. The van der Waals surface area contributed by atoms with Crippen LogP contribution in [0.1, 0.15) is 38.2 Å². The molecule has 1 aliphatic carbocycles. The minimum absolute atomic E-state index is 0.318. The highest BCUT2D eigenvalue weighted by Crippen LogP contribution is 2.36. The van der Waals surface area contributed by atoms with Crippen molar-refractivity contribution < 1.29 is 14.6 Å². The number of ether oxygens (including phenoxy) is 2. The third kappa shape index (κ3) is 4.51. The summed E-state index contributed by atoms with van der Waals surface area (Å²) in [5, 5.41) is 13.3. The molecule has 1 fully saturated rings. The number of hydrogen-bond donors (Lipinski definition) is 2. The van der Waals surface area contributed by atoms with Gasteiger partial charge >= 0.3 is 0 Å². The van der Waals surface area contributed by atoms with Gasteiger partial charge in [0, 0.05) is 19.2 Å². The molecule has 1 aromatic carbocycles. The van der Waals surface area contributed by atoms with E-state index >= 15 is 0 Å². The van der Waals surface area contributed by atoms with Gasteiger partial charge in [-0.25, -0.2) is 0 Å². The van der Waals surface area contributed by atoms with Crippen molar-refractivity contribution in [2.24, 2.45) is 5.92 Å². The summed E-state index contributed by atoms with van der Waals surface area (Å²) >= 11 is 6.29. The Kier molecular flexibility index (Phi) is 6.80. The lowest BCUT2D eigenvalue weighted by Gasteiger charge is -2.28. The molecule has 5 heteroatoms. The van der Waals surface area contributed by atoms with E-state index in [1.165, 1.54) is 0 Å². The van der Waals surface area contributed by atoms with E-state index in [9.17, 15) is 5.11 Å². The molecule has 0 aromatic heterocycles. The first kappa shape index (κ1) is 17.4. The first-order valence-corrected chi connectivity index (χ1v) is 8.39. The smallest absolute Gasteiger partial charge is 0.179 e. The minimum atomic E-state index is 0.318. The van der Waals surface area contributed by atoms with Crippen LogP contribution in [0.5, 0.6) is 11.5 Å². The fourth-order valence-corrected chi connectivity index (χ4v) is 3.26. The van der Waals surface area contributed by atoms with Gasteiger partial charge in [-0.1, -0.05) is 11.6 Å². The zero-order valence-corrected chi connectivity index (χ0v) is 14.2. The van der Waals surface area contributed by atoms with Crippen LogP contribution in [0.25, 0.3) is 0 Å². The molecule has 22 heavy (non-hydrogen) atoms. The molecule has 0 amide bonds. The highest BCUT2D eigenvalue weighted by Gasteiger charge is 2.20. The lowest BCUT2D eigenvalue weighted by Crippen LogP contribution is -2.33. The minimum Gasteiger partial charge on any atom is -0.493 e. The van der Waals surface area contributed by atoms with E-state index in [2.05, 4.69) is 5.32 Å². The van der Waals surface area contributed by atoms with Gasteiger partial charge in [-0.3, -0.25) is 0 Å². The first-order chi connectivity index (χ1) is 10.7. The molecule has 1 aromatic rings. The maximum absolute atomic E-state index is 9.18. The van der Waals surface area contributed by atoms with Gasteiger partial charge in [-0.2, -0.15) is 0 Å². The van der Waals surface area contributed by atoms with E-state index in [1.807, 2.05) is 19.1 Å². The van der Waals surface area contributed by atoms with Gasteiger partial charge in [0.2, 0.25) is 0 Å². The van der Waals surface area contributed by atoms with Crippen molar-refractivity contribution in [3.63, 3.8) is 0 Å². The van der Waals surface area contributed by atoms with Crippen LogP contribution in [-0.4, -0.2) is 31.5 Å². The molecule has 0 aliphatic heterocycles. The Hall–Kier alpha value is -0.970. The van der Waals surface area contributed by atoms with Gasteiger partial charge in [-0.15, -0.1) is 0 Å². The zero-order chi connectivity index (χ0) is 15.9. The summed E-state index contributed by atoms with van der Waals surface area (Å²) in [6, 6.07) is 4.42. The van der Waals surface area contributed by atoms with Gasteiger partial charge in [-0.05, 0) is 56.2 Å². The van der Waals surface area contributed by atoms with E-state index in [0.717, 1.165) is 37.8 Å². The van der Waals surface area contributed by atoms with E-state index in [-0.39, 0.29) is 0 Å². The van der Waals surface area contributed by atoms with Crippen LogP contribution in [0.2, 0.25) is 5.02 Å². The number of halogens is 1. The molecule has 1 saturated carbocycles. The molecular formula is C17H26ClNO3. The molecule has 2 rings (SSSR count). The molecule has 1 aliphatic rings. The summed E-state index contributed by atoms with van der Waals surface area (Å²) in [5.74, 6) is 1.77. The quantitative estimate of drug-likeness (QED) is 0.806. The Morgan fingerprint density at radius 1 is 1.27 bits per heavy atom. The summed E-state index contributed by atoms with van der Waals surface area (Å²) < 4.78 is 10.9. The second kappa shape index (κ2) is 8.61. The van der Waals surface area contributed by atoms with Crippen molar-refractivity contribution >= 4 is 11.6 Å². The molecule has 0 radical (unpaired) electrons. The molecule has 0 heterocycles. The van der Waals surface area contributed by atoms with Gasteiger partial charge in [0.05, 0.1) is 18.7 Å². The Labute approximate surface area is 137 Å². The standard InChI is InChI=1S/C17H26ClNO3/c1-3-22-17-15(18)8-13(9-16(17)21-2)10-19-14-6-4-12(11-20)5-7-14/h8-9,12,14,19-20H,3-7,10-11H2,1-2H3. The summed E-state index contributed by atoms with van der Waals surface area (Å²) in [6.45, 7) is 3.56. The lowest BCUT2D eigenvalue weighted by molar-refractivity contribution is 0.175. The summed E-state index contributed by atoms with van der Waals surface area (Å²) in [7, 11) is 1.63. The fourth-order valence-electron chi connectivity index (χ4n) is 2.97. The van der Waals surface area contributed by atoms with Crippen LogP contribution < -0.4 is 14.8 Å². The number of aliphatic hydroxyl groups excluding tert-OH is 1. The number of aliphatic hydroxyl groups is 1. The Balaban J connectivity index is 1.94. The number of benzene rings is 1. The van der Waals surface area contributed by atoms with Crippen LogP contribution in [-0.2, 0) is 6.54 Å². The average molecular weight is 328 g/mol. The van der Waals surface area contributed by atoms with Gasteiger partial charge in [0.1, 0.15) is 0 Å². The van der Waals surface area contributed by atoms with Crippen LogP contribution >= 0.6 is 11.6 Å². The SMILES string of the molecule is CCOc1c(Cl)cc(CNC2CCC(CO)CC2)cc1OC. The van der Waals surface area contributed by atoms with E-state index in [0.29, 0.717) is 41.7 Å². The number of rotatable bonds is 7. The molecule has 124 valence electrons. The highest BCUT2D eigenvalue weighted by molar-refractivity contribution is 6.32. The summed E-state index contributed by atoms with van der Waals surface area (Å²) in [4.78, 5) is 0. The monoisotopic (exact) mass is 327 g/mol. The van der Waals surface area contributed by atoms with Crippen molar-refractivity contribution in [3.05, 3.63) is 22.7 Å². The van der Waals surface area contributed by atoms with Crippen LogP contribution in [0.3, 0.4) is 0 Å². The maximum Gasteiger partial charge on any atom is 0.179 e. The van der Waals surface area contributed by atoms with Gasteiger partial charge < -0.3 is 19.9 Å². The second-order valence-corrected chi connectivity index (χ2v) is 6.23. The van der Waals surface area contributed by atoms with Crippen molar-refractivity contribution in [3.8, 4) is 11.5 Å². The molecule has 2 N–H and O–H groups in total. The van der Waals surface area contributed by atoms with E-state index in [4.69, 9.17) is 21.1 Å². The predicted molar refractivity (Wildman–Crippen MR) is 88.8 cm³/mol. The van der Waals surface area contributed by atoms with Crippen molar-refractivity contribution in [1.29, 1.82) is 0 Å². The van der Waals surface area contributed by atoms with Crippen molar-refractivity contribution in [2.45, 2.75) is 45.2 Å². The van der Waals surface area contributed by atoms with Crippen LogP contribution in [0, 0.1) is 5.92 Å². The van der Waals surface area contributed by atoms with Gasteiger partial charge in [0.25, 0.3) is 0 Å². The molecule has 0 atom stereocenters. The van der Waals surface area contributed by atoms with Crippen LogP contribution in [0.4, 0.5) is 0 Å². The largest absolute Gasteiger partial charge is 0.493 e. The lowest BCUT2D eigenvalue weighted by atomic mass is 9.86. The van der Waals surface area contributed by atoms with Crippen molar-refractivity contribution in [1.82, 2.24) is 5.32 Å². The van der Waals surface area contributed by atoms with Crippen LogP contribution in [0.15, 0.2) is 12.1 Å². The molecule has 0 bridgehead atoms. The third-order valence-electron chi connectivity index (χ3n) is 4.28. The predicted octanol–water partition coefficient (Wildman–Crippen LogP) is 3.39. The summed E-state index contributed by atoms with van der Waals surface area (Å²) in [5.41, 5.74) is 1.09. The topological polar surface area (TPSA) is 50.7 Å². The Morgan fingerprint density at radius 3 is 2.59 bits per heavy atom. The number of methoxy groups -OCH3 is 1. The molecule has 0 saturated heterocycles. The number of nitrogens with one attached hydrogen (secondary N) is 1. The zero-order valence-electron chi connectivity index (χ0n) is 13.4. The Morgan fingerprint density at radius 2 is 2.00 bits per heavy atom. The Bertz CT molecular complexity index is 473. The van der Waals surface area contributed by atoms with E-state index < -0.39 is 0 Å². The fraction of sp³-hybridized carbons (Fsp3) is 0.647. The van der Waals surface area contributed by atoms with E-state index in [1.54, 1.807) is 7.11 Å². The second-order valence-electron chi connectivity index (χ2n) is 5.82. The number of hydrogen-bond acceptors (Lipinski definition) is 4. The maximum atomic E-state index is 9.18. The first-order valence-electron chi connectivity index (χ1n) is 8.01. The molecule has 0 spiro atoms. The third-order valence-corrected chi connectivity index (χ3v) is 4.56. The molecule has 0 unspecified atom stereocenters. The highest BCUT2D eigenvalue weighted by atomic mass is 35.5. The average Bonchev–Trinajstić information content (AvgIpc) is 2.55.